The van der Waals surface area contributed by atoms with Crippen LogP contribution in [0.4, 0.5) is 5.69 Å². The second kappa shape index (κ2) is 6.11. The topological polar surface area (TPSA) is 47.7 Å². The molecule has 1 N–H and O–H groups in total. The van der Waals surface area contributed by atoms with Crippen molar-refractivity contribution in [3.63, 3.8) is 0 Å². The number of nitrogens with zero attached hydrogens (tertiary/aromatic N) is 4. The number of aromatic nitrogens is 4. The van der Waals surface area contributed by atoms with Gasteiger partial charge in [-0.1, -0.05) is 6.92 Å². The van der Waals surface area contributed by atoms with Gasteiger partial charge in [0.25, 0.3) is 0 Å². The summed E-state index contributed by atoms with van der Waals surface area (Å²) in [5, 5.41) is 12.4. The van der Waals surface area contributed by atoms with Gasteiger partial charge in [-0.25, -0.2) is 0 Å². The van der Waals surface area contributed by atoms with Crippen molar-refractivity contribution in [1.29, 1.82) is 0 Å². The Labute approximate surface area is 121 Å². The fourth-order valence-corrected chi connectivity index (χ4v) is 2.16. The molecule has 1 unspecified atom stereocenters. The van der Waals surface area contributed by atoms with Crippen LogP contribution in [0.15, 0.2) is 18.5 Å². The molecule has 0 saturated carbocycles. The number of aryl methyl sites for hydroxylation is 1. The Morgan fingerprint density at radius 1 is 1.30 bits per heavy atom. The lowest BCUT2D eigenvalue weighted by Gasteiger charge is -2.14. The van der Waals surface area contributed by atoms with Gasteiger partial charge in [0.2, 0.25) is 0 Å². The van der Waals surface area contributed by atoms with E-state index in [4.69, 9.17) is 0 Å². The zero-order valence-corrected chi connectivity index (χ0v) is 13.1. The quantitative estimate of drug-likeness (QED) is 0.877. The standard InChI is InChI=1S/C15H25N5/c1-6-12(4)20-14(7-8-17-20)9-16-15-10-19(11(2)3)18-13(15)5/h7-8,10-12,16H,6,9H2,1-5H3. The largest absolute Gasteiger partial charge is 0.377 e. The van der Waals surface area contributed by atoms with Crippen LogP contribution in [0.5, 0.6) is 0 Å². The van der Waals surface area contributed by atoms with Crippen LogP contribution in [0.25, 0.3) is 0 Å². The van der Waals surface area contributed by atoms with E-state index in [1.807, 2.05) is 17.8 Å². The molecular weight excluding hydrogens is 250 g/mol. The van der Waals surface area contributed by atoms with Crippen molar-refractivity contribution in [2.75, 3.05) is 5.32 Å². The van der Waals surface area contributed by atoms with Gasteiger partial charge in [0.1, 0.15) is 0 Å². The van der Waals surface area contributed by atoms with E-state index >= 15 is 0 Å². The minimum Gasteiger partial charge on any atom is -0.377 e. The SMILES string of the molecule is CCC(C)n1nccc1CNc1cn(C(C)C)nc1C. The van der Waals surface area contributed by atoms with Gasteiger partial charge in [-0.3, -0.25) is 9.36 Å². The highest BCUT2D eigenvalue weighted by Crippen LogP contribution is 2.18. The zero-order valence-electron chi connectivity index (χ0n) is 13.1. The Morgan fingerprint density at radius 3 is 2.65 bits per heavy atom. The number of hydrogen-bond acceptors (Lipinski definition) is 3. The Balaban J connectivity index is 2.07. The molecule has 0 bridgehead atoms. The first-order chi connectivity index (χ1) is 9.52. The van der Waals surface area contributed by atoms with Crippen molar-refractivity contribution >= 4 is 5.69 Å². The van der Waals surface area contributed by atoms with Gasteiger partial charge in [-0.15, -0.1) is 0 Å². The number of hydrogen-bond donors (Lipinski definition) is 1. The maximum atomic E-state index is 4.52. The summed E-state index contributed by atoms with van der Waals surface area (Å²) < 4.78 is 4.08. The minimum atomic E-state index is 0.384. The number of anilines is 1. The highest BCUT2D eigenvalue weighted by atomic mass is 15.3. The van der Waals surface area contributed by atoms with E-state index in [-0.39, 0.29) is 0 Å². The van der Waals surface area contributed by atoms with E-state index in [2.05, 4.69) is 60.2 Å². The predicted molar refractivity (Wildman–Crippen MR) is 81.9 cm³/mol. The molecule has 110 valence electrons. The van der Waals surface area contributed by atoms with E-state index in [0.717, 1.165) is 24.3 Å². The highest BCUT2D eigenvalue weighted by Gasteiger charge is 2.10. The predicted octanol–water partition coefficient (Wildman–Crippen LogP) is 3.55. The van der Waals surface area contributed by atoms with Crippen LogP contribution in [-0.2, 0) is 6.54 Å². The molecule has 0 fully saturated rings. The van der Waals surface area contributed by atoms with Gasteiger partial charge in [0, 0.05) is 24.5 Å². The molecule has 2 rings (SSSR count). The van der Waals surface area contributed by atoms with Crippen molar-refractivity contribution in [3.05, 3.63) is 29.8 Å². The molecule has 0 aliphatic carbocycles. The molecule has 2 heterocycles. The Kier molecular flexibility index (Phi) is 4.47. The van der Waals surface area contributed by atoms with Gasteiger partial charge >= 0.3 is 0 Å². The third-order valence-corrected chi connectivity index (χ3v) is 3.67. The lowest BCUT2D eigenvalue weighted by Crippen LogP contribution is -2.12. The van der Waals surface area contributed by atoms with Crippen LogP contribution in [-0.4, -0.2) is 19.6 Å². The summed E-state index contributed by atoms with van der Waals surface area (Å²) in [6.07, 6.45) is 5.02. The van der Waals surface area contributed by atoms with Crippen molar-refractivity contribution in [1.82, 2.24) is 19.6 Å². The van der Waals surface area contributed by atoms with Gasteiger partial charge in [0.15, 0.2) is 0 Å². The van der Waals surface area contributed by atoms with E-state index in [1.165, 1.54) is 5.69 Å². The van der Waals surface area contributed by atoms with Crippen molar-refractivity contribution in [2.45, 2.75) is 59.7 Å². The lowest BCUT2D eigenvalue weighted by atomic mass is 10.2. The van der Waals surface area contributed by atoms with Crippen molar-refractivity contribution in [2.24, 2.45) is 0 Å². The normalized spacial score (nSPS) is 12.9. The molecule has 0 amide bonds. The van der Waals surface area contributed by atoms with Crippen LogP contribution < -0.4 is 5.32 Å². The van der Waals surface area contributed by atoms with E-state index in [9.17, 15) is 0 Å². The molecule has 2 aromatic rings. The van der Waals surface area contributed by atoms with Gasteiger partial charge in [-0.05, 0) is 40.2 Å². The summed E-state index contributed by atoms with van der Waals surface area (Å²) in [5.74, 6) is 0. The average Bonchev–Trinajstić information content (AvgIpc) is 3.02. The molecule has 20 heavy (non-hydrogen) atoms. The monoisotopic (exact) mass is 275 g/mol. The van der Waals surface area contributed by atoms with Crippen LogP contribution in [0.2, 0.25) is 0 Å². The second-order valence-electron chi connectivity index (χ2n) is 5.58. The molecule has 0 aromatic carbocycles. The van der Waals surface area contributed by atoms with Crippen molar-refractivity contribution in [3.8, 4) is 0 Å². The smallest absolute Gasteiger partial charge is 0.0825 e. The zero-order chi connectivity index (χ0) is 14.7. The lowest BCUT2D eigenvalue weighted by molar-refractivity contribution is 0.462. The number of rotatable bonds is 6. The van der Waals surface area contributed by atoms with Gasteiger partial charge in [-0.2, -0.15) is 10.2 Å². The maximum absolute atomic E-state index is 4.52. The molecule has 5 heteroatoms. The van der Waals surface area contributed by atoms with Crippen molar-refractivity contribution < 1.29 is 0 Å². The van der Waals surface area contributed by atoms with Crippen LogP contribution >= 0.6 is 0 Å². The summed E-state index contributed by atoms with van der Waals surface area (Å²) in [4.78, 5) is 0. The molecule has 0 radical (unpaired) electrons. The first-order valence-electron chi connectivity index (χ1n) is 7.35. The van der Waals surface area contributed by atoms with Crippen LogP contribution in [0.1, 0.15) is 57.6 Å². The molecule has 0 aliphatic rings. The average molecular weight is 275 g/mol. The van der Waals surface area contributed by atoms with Crippen LogP contribution in [0.3, 0.4) is 0 Å². The summed E-state index contributed by atoms with van der Waals surface area (Å²) in [6.45, 7) is 11.4. The first kappa shape index (κ1) is 14.6. The molecule has 0 aliphatic heterocycles. The van der Waals surface area contributed by atoms with E-state index < -0.39 is 0 Å². The number of nitrogens with one attached hydrogen (secondary N) is 1. The third kappa shape index (κ3) is 3.03. The molecule has 5 nitrogen and oxygen atoms in total. The molecule has 1 atom stereocenters. The third-order valence-electron chi connectivity index (χ3n) is 3.67. The maximum Gasteiger partial charge on any atom is 0.0825 e. The van der Waals surface area contributed by atoms with E-state index in [1.54, 1.807) is 0 Å². The van der Waals surface area contributed by atoms with Crippen LogP contribution in [0, 0.1) is 6.92 Å². The summed E-state index contributed by atoms with van der Waals surface area (Å²) in [5.41, 5.74) is 3.33. The summed E-state index contributed by atoms with van der Waals surface area (Å²) >= 11 is 0. The Bertz CT molecular complexity index is 552. The molecular formula is C15H25N5. The fourth-order valence-electron chi connectivity index (χ4n) is 2.16. The second-order valence-corrected chi connectivity index (χ2v) is 5.58. The first-order valence-corrected chi connectivity index (χ1v) is 7.35. The highest BCUT2D eigenvalue weighted by molar-refractivity contribution is 5.45. The van der Waals surface area contributed by atoms with Gasteiger partial charge < -0.3 is 5.32 Å². The van der Waals surface area contributed by atoms with Gasteiger partial charge in [0.05, 0.1) is 23.6 Å². The molecule has 0 saturated heterocycles. The molecule has 2 aromatic heterocycles. The fraction of sp³-hybridized carbons (Fsp3) is 0.600. The Morgan fingerprint density at radius 2 is 2.05 bits per heavy atom. The Hall–Kier alpha value is -1.78. The van der Waals surface area contributed by atoms with E-state index in [0.29, 0.717) is 12.1 Å². The molecule has 0 spiro atoms. The minimum absolute atomic E-state index is 0.384. The summed E-state index contributed by atoms with van der Waals surface area (Å²) in [7, 11) is 0. The summed E-state index contributed by atoms with van der Waals surface area (Å²) in [6, 6.07) is 2.89.